The van der Waals surface area contributed by atoms with Gasteiger partial charge in [-0.2, -0.15) is 10.4 Å². The summed E-state index contributed by atoms with van der Waals surface area (Å²) in [5, 5.41) is 13.0. The molecule has 0 aliphatic carbocycles. The van der Waals surface area contributed by atoms with E-state index in [0.29, 0.717) is 17.9 Å². The molecule has 22 heavy (non-hydrogen) atoms. The number of aromatic nitrogens is 4. The molecule has 1 aromatic carbocycles. The van der Waals surface area contributed by atoms with Crippen molar-refractivity contribution in [2.45, 2.75) is 6.54 Å². The highest BCUT2D eigenvalue weighted by Gasteiger charge is 2.07. The van der Waals surface area contributed by atoms with Crippen LogP contribution in [0.3, 0.4) is 0 Å². The van der Waals surface area contributed by atoms with Crippen molar-refractivity contribution in [1.82, 2.24) is 19.7 Å². The molecule has 6 heteroatoms. The normalized spacial score (nSPS) is 10.2. The fourth-order valence-corrected chi connectivity index (χ4v) is 2.08. The van der Waals surface area contributed by atoms with Crippen LogP contribution >= 0.6 is 0 Å². The molecule has 0 saturated carbocycles. The maximum atomic E-state index is 8.82. The Morgan fingerprint density at radius 3 is 2.73 bits per heavy atom. The highest BCUT2D eigenvalue weighted by Crippen LogP contribution is 2.14. The summed E-state index contributed by atoms with van der Waals surface area (Å²) in [4.78, 5) is 10.8. The molecule has 2 aromatic heterocycles. The van der Waals surface area contributed by atoms with E-state index in [4.69, 9.17) is 5.26 Å². The van der Waals surface area contributed by atoms with Gasteiger partial charge in [0.1, 0.15) is 5.82 Å². The zero-order valence-electron chi connectivity index (χ0n) is 12.1. The van der Waals surface area contributed by atoms with Gasteiger partial charge in [0, 0.05) is 26.0 Å². The van der Waals surface area contributed by atoms with Gasteiger partial charge in [0.15, 0.2) is 5.82 Å². The molecule has 0 bridgehead atoms. The van der Waals surface area contributed by atoms with Crippen molar-refractivity contribution in [3.05, 3.63) is 66.2 Å². The molecule has 0 radical (unpaired) electrons. The van der Waals surface area contributed by atoms with E-state index in [2.05, 4.69) is 21.1 Å². The van der Waals surface area contributed by atoms with E-state index < -0.39 is 0 Å². The van der Waals surface area contributed by atoms with Gasteiger partial charge in [0.2, 0.25) is 0 Å². The van der Waals surface area contributed by atoms with Crippen molar-refractivity contribution < 1.29 is 0 Å². The van der Waals surface area contributed by atoms with Crippen LogP contribution in [0.15, 0.2) is 55.1 Å². The van der Waals surface area contributed by atoms with E-state index in [1.807, 2.05) is 48.5 Å². The lowest BCUT2D eigenvalue weighted by molar-refractivity contribution is 0.818. The van der Waals surface area contributed by atoms with Gasteiger partial charge in [-0.1, -0.05) is 12.1 Å². The maximum Gasteiger partial charge on any atom is 0.173 e. The monoisotopic (exact) mass is 290 g/mol. The smallest absolute Gasteiger partial charge is 0.173 e. The van der Waals surface area contributed by atoms with Crippen LogP contribution in [0.1, 0.15) is 11.1 Å². The second-order valence-electron chi connectivity index (χ2n) is 4.85. The average Bonchev–Trinajstić information content (AvgIpc) is 3.10. The highest BCUT2D eigenvalue weighted by molar-refractivity contribution is 5.40. The van der Waals surface area contributed by atoms with Crippen LogP contribution in [0.4, 0.5) is 5.82 Å². The minimum Gasteiger partial charge on any atom is -0.354 e. The van der Waals surface area contributed by atoms with Crippen molar-refractivity contribution in [2.75, 3.05) is 11.9 Å². The summed E-state index contributed by atoms with van der Waals surface area (Å²) in [6, 6.07) is 11.5. The Bertz CT molecular complexity index is 786. The van der Waals surface area contributed by atoms with Gasteiger partial charge < -0.3 is 4.90 Å². The number of hydrogen-bond donors (Lipinski definition) is 0. The van der Waals surface area contributed by atoms with Gasteiger partial charge in [-0.05, 0) is 23.8 Å². The zero-order chi connectivity index (χ0) is 15.4. The van der Waals surface area contributed by atoms with Crippen LogP contribution in [0.25, 0.3) is 5.82 Å². The lowest BCUT2D eigenvalue weighted by Crippen LogP contribution is -2.18. The topological polar surface area (TPSA) is 70.6 Å². The molecule has 3 aromatic rings. The summed E-state index contributed by atoms with van der Waals surface area (Å²) in [6.45, 7) is 0.683. The van der Waals surface area contributed by atoms with Crippen LogP contribution < -0.4 is 4.90 Å². The Hall–Kier alpha value is -3.20. The molecule has 6 nitrogen and oxygen atoms in total. The third-order valence-corrected chi connectivity index (χ3v) is 3.24. The van der Waals surface area contributed by atoms with Crippen molar-refractivity contribution in [1.29, 1.82) is 5.26 Å². The van der Waals surface area contributed by atoms with Crippen molar-refractivity contribution in [3.63, 3.8) is 0 Å². The van der Waals surface area contributed by atoms with E-state index in [-0.39, 0.29) is 0 Å². The predicted octanol–water partition coefficient (Wildman–Crippen LogP) is 2.17. The molecule has 0 aliphatic heterocycles. The molecule has 0 saturated heterocycles. The number of rotatable bonds is 4. The third-order valence-electron chi connectivity index (χ3n) is 3.24. The molecule has 0 spiro atoms. The Kier molecular flexibility index (Phi) is 3.79. The molecule has 0 fully saturated rings. The largest absolute Gasteiger partial charge is 0.354 e. The first kappa shape index (κ1) is 13.8. The molecule has 0 aliphatic rings. The SMILES string of the molecule is CN(Cc1ccc(C#N)cc1)c1cncc(-n2cccn2)n1. The summed E-state index contributed by atoms with van der Waals surface area (Å²) in [5.74, 6) is 1.44. The first-order valence-electron chi connectivity index (χ1n) is 6.78. The van der Waals surface area contributed by atoms with Crippen molar-refractivity contribution in [2.24, 2.45) is 0 Å². The summed E-state index contributed by atoms with van der Waals surface area (Å²) in [5.41, 5.74) is 1.76. The molecular formula is C16H14N6. The molecule has 0 N–H and O–H groups in total. The van der Waals surface area contributed by atoms with Crippen molar-refractivity contribution in [3.8, 4) is 11.9 Å². The van der Waals surface area contributed by atoms with Gasteiger partial charge in [-0.15, -0.1) is 0 Å². The quantitative estimate of drug-likeness (QED) is 0.736. The van der Waals surface area contributed by atoms with Crippen molar-refractivity contribution >= 4 is 5.82 Å². The Labute approximate surface area is 128 Å². The molecule has 0 atom stereocenters. The van der Waals surface area contributed by atoms with Gasteiger partial charge in [-0.25, -0.2) is 9.67 Å². The van der Waals surface area contributed by atoms with Gasteiger partial charge in [0.05, 0.1) is 24.0 Å². The van der Waals surface area contributed by atoms with Gasteiger partial charge >= 0.3 is 0 Å². The van der Waals surface area contributed by atoms with Gasteiger partial charge in [0.25, 0.3) is 0 Å². The summed E-state index contributed by atoms with van der Waals surface area (Å²) in [6.07, 6.45) is 6.92. The van der Waals surface area contributed by atoms with Crippen LogP contribution in [-0.4, -0.2) is 26.8 Å². The number of anilines is 1. The van der Waals surface area contributed by atoms with Crippen LogP contribution in [0, 0.1) is 11.3 Å². The predicted molar refractivity (Wildman–Crippen MR) is 82.4 cm³/mol. The van der Waals surface area contributed by atoms with Crippen LogP contribution in [0.5, 0.6) is 0 Å². The standard InChI is InChI=1S/C16H14N6/c1-21(12-14-5-3-13(9-17)4-6-14)15-10-18-11-16(20-15)22-8-2-7-19-22/h2-8,10-11H,12H2,1H3. The highest BCUT2D eigenvalue weighted by atomic mass is 15.3. The van der Waals surface area contributed by atoms with E-state index in [0.717, 1.165) is 11.4 Å². The number of hydrogen-bond acceptors (Lipinski definition) is 5. The fraction of sp³-hybridized carbons (Fsp3) is 0.125. The van der Waals surface area contributed by atoms with Crippen LogP contribution in [0.2, 0.25) is 0 Å². The minimum atomic E-state index is 0.659. The zero-order valence-corrected chi connectivity index (χ0v) is 12.1. The maximum absolute atomic E-state index is 8.82. The van der Waals surface area contributed by atoms with E-state index in [9.17, 15) is 0 Å². The summed E-state index contributed by atoms with van der Waals surface area (Å²) >= 11 is 0. The molecule has 0 amide bonds. The lowest BCUT2D eigenvalue weighted by Gasteiger charge is -2.18. The molecule has 3 rings (SSSR count). The first-order chi connectivity index (χ1) is 10.8. The third kappa shape index (κ3) is 2.94. The number of nitriles is 1. The summed E-state index contributed by atoms with van der Waals surface area (Å²) < 4.78 is 1.67. The molecule has 2 heterocycles. The Morgan fingerprint density at radius 1 is 1.23 bits per heavy atom. The average molecular weight is 290 g/mol. The second-order valence-corrected chi connectivity index (χ2v) is 4.85. The number of nitrogens with zero attached hydrogens (tertiary/aromatic N) is 6. The fourth-order valence-electron chi connectivity index (χ4n) is 2.08. The van der Waals surface area contributed by atoms with E-state index in [1.54, 1.807) is 23.3 Å². The van der Waals surface area contributed by atoms with Gasteiger partial charge in [-0.3, -0.25) is 4.98 Å². The Balaban J connectivity index is 1.78. The molecule has 0 unspecified atom stereocenters. The molecule has 108 valence electrons. The van der Waals surface area contributed by atoms with E-state index in [1.165, 1.54) is 0 Å². The summed E-state index contributed by atoms with van der Waals surface area (Å²) in [7, 11) is 1.95. The lowest BCUT2D eigenvalue weighted by atomic mass is 10.1. The second kappa shape index (κ2) is 6.06. The molecular weight excluding hydrogens is 276 g/mol. The minimum absolute atomic E-state index is 0.659. The van der Waals surface area contributed by atoms with Crippen LogP contribution in [-0.2, 0) is 6.54 Å². The first-order valence-corrected chi connectivity index (χ1v) is 6.78. The Morgan fingerprint density at radius 2 is 2.05 bits per heavy atom. The van der Waals surface area contributed by atoms with E-state index >= 15 is 0 Å². The number of benzene rings is 1.